The van der Waals surface area contributed by atoms with Gasteiger partial charge in [0.15, 0.2) is 0 Å². The average Bonchev–Trinajstić information content (AvgIpc) is 2.98. The van der Waals surface area contributed by atoms with Crippen LogP contribution >= 0.6 is 0 Å². The number of nitrogens with zero attached hydrogens (tertiary/aromatic N) is 1. The monoisotopic (exact) mass is 223 g/mol. The Hall–Kier alpha value is -1.29. The molecule has 88 valence electrons. The molecule has 0 atom stereocenters. The zero-order valence-electron chi connectivity index (χ0n) is 9.48. The summed E-state index contributed by atoms with van der Waals surface area (Å²) in [5, 5.41) is 8.97. The maximum Gasteiger partial charge on any atom is 0.339 e. The summed E-state index contributed by atoms with van der Waals surface area (Å²) in [5.74, 6) is -0.330. The van der Waals surface area contributed by atoms with E-state index in [0.29, 0.717) is 23.9 Å². The predicted octanol–water partition coefficient (Wildman–Crippen LogP) is 2.35. The van der Waals surface area contributed by atoms with Gasteiger partial charge in [0.1, 0.15) is 11.3 Å². The van der Waals surface area contributed by atoms with Crippen LogP contribution < -0.4 is 0 Å². The van der Waals surface area contributed by atoms with E-state index in [1.807, 2.05) is 0 Å². The number of carboxylic acids is 1. The molecule has 0 spiro atoms. The molecule has 1 aliphatic rings. The standard InChI is InChI=1S/C12H17NO3/c1-2-6-13(9-3-4-9)8-11-10(12(14)15)5-7-16-11/h5,7,9H,2-4,6,8H2,1H3,(H,14,15). The molecule has 2 rings (SSSR count). The molecule has 1 N–H and O–H groups in total. The molecule has 0 amide bonds. The van der Waals surface area contributed by atoms with Gasteiger partial charge in [0.2, 0.25) is 0 Å². The summed E-state index contributed by atoms with van der Waals surface area (Å²) in [6.45, 7) is 3.76. The van der Waals surface area contributed by atoms with Gasteiger partial charge in [0.05, 0.1) is 12.8 Å². The highest BCUT2D eigenvalue weighted by atomic mass is 16.4. The van der Waals surface area contributed by atoms with Gasteiger partial charge in [-0.2, -0.15) is 0 Å². The van der Waals surface area contributed by atoms with Gasteiger partial charge >= 0.3 is 5.97 Å². The summed E-state index contributed by atoms with van der Waals surface area (Å²) < 4.78 is 5.26. The molecule has 16 heavy (non-hydrogen) atoms. The van der Waals surface area contributed by atoms with Gasteiger partial charge in [-0.3, -0.25) is 4.90 Å². The van der Waals surface area contributed by atoms with E-state index in [2.05, 4.69) is 11.8 Å². The van der Waals surface area contributed by atoms with E-state index in [0.717, 1.165) is 13.0 Å². The summed E-state index contributed by atoms with van der Waals surface area (Å²) in [5.41, 5.74) is 0.293. The van der Waals surface area contributed by atoms with Gasteiger partial charge in [0.25, 0.3) is 0 Å². The predicted molar refractivity (Wildman–Crippen MR) is 59.4 cm³/mol. The molecular weight excluding hydrogens is 206 g/mol. The number of aromatic carboxylic acids is 1. The minimum atomic E-state index is -0.906. The van der Waals surface area contributed by atoms with Crippen molar-refractivity contribution in [1.82, 2.24) is 4.90 Å². The van der Waals surface area contributed by atoms with Crippen molar-refractivity contribution in [2.75, 3.05) is 6.54 Å². The summed E-state index contributed by atoms with van der Waals surface area (Å²) in [4.78, 5) is 13.2. The van der Waals surface area contributed by atoms with Crippen molar-refractivity contribution in [3.63, 3.8) is 0 Å². The van der Waals surface area contributed by atoms with E-state index in [9.17, 15) is 4.79 Å². The van der Waals surface area contributed by atoms with Crippen LogP contribution in [0.4, 0.5) is 0 Å². The Morgan fingerprint density at radius 3 is 2.94 bits per heavy atom. The quantitative estimate of drug-likeness (QED) is 0.804. The molecule has 4 nitrogen and oxygen atoms in total. The van der Waals surface area contributed by atoms with E-state index in [4.69, 9.17) is 9.52 Å². The van der Waals surface area contributed by atoms with Crippen LogP contribution in [-0.2, 0) is 6.54 Å². The maximum atomic E-state index is 10.9. The fraction of sp³-hybridized carbons (Fsp3) is 0.583. The molecule has 0 unspecified atom stereocenters. The Bertz CT molecular complexity index is 368. The molecule has 1 aliphatic carbocycles. The topological polar surface area (TPSA) is 53.7 Å². The fourth-order valence-corrected chi connectivity index (χ4v) is 1.96. The molecule has 0 bridgehead atoms. The van der Waals surface area contributed by atoms with Crippen LogP contribution in [0.5, 0.6) is 0 Å². The zero-order valence-corrected chi connectivity index (χ0v) is 9.48. The highest BCUT2D eigenvalue weighted by molar-refractivity contribution is 5.88. The molecule has 0 aliphatic heterocycles. The van der Waals surface area contributed by atoms with Gasteiger partial charge < -0.3 is 9.52 Å². The molecule has 1 fully saturated rings. The first-order valence-corrected chi connectivity index (χ1v) is 5.76. The van der Waals surface area contributed by atoms with Gasteiger partial charge in [-0.05, 0) is 31.9 Å². The second kappa shape index (κ2) is 4.70. The smallest absolute Gasteiger partial charge is 0.339 e. The van der Waals surface area contributed by atoms with E-state index in [1.54, 1.807) is 0 Å². The number of carboxylic acid groups (broad SMARTS) is 1. The lowest BCUT2D eigenvalue weighted by Gasteiger charge is -2.19. The Kier molecular flexibility index (Phi) is 3.29. The Labute approximate surface area is 94.9 Å². The molecule has 4 heteroatoms. The van der Waals surface area contributed by atoms with Gasteiger partial charge in [-0.25, -0.2) is 4.79 Å². The average molecular weight is 223 g/mol. The zero-order chi connectivity index (χ0) is 11.5. The summed E-state index contributed by atoms with van der Waals surface area (Å²) in [6.07, 6.45) is 4.99. The SMILES string of the molecule is CCCN(Cc1occc1C(=O)O)C1CC1. The van der Waals surface area contributed by atoms with Crippen LogP contribution in [0.25, 0.3) is 0 Å². The molecule has 1 saturated carbocycles. The number of furan rings is 1. The number of carbonyl (C=O) groups is 1. The fourth-order valence-electron chi connectivity index (χ4n) is 1.96. The summed E-state index contributed by atoms with van der Waals surface area (Å²) >= 11 is 0. The van der Waals surface area contributed by atoms with Crippen molar-refractivity contribution in [1.29, 1.82) is 0 Å². The van der Waals surface area contributed by atoms with Crippen LogP contribution in [0.15, 0.2) is 16.7 Å². The third-order valence-electron chi connectivity index (χ3n) is 2.90. The minimum Gasteiger partial charge on any atom is -0.478 e. The lowest BCUT2D eigenvalue weighted by atomic mass is 10.2. The van der Waals surface area contributed by atoms with E-state index >= 15 is 0 Å². The van der Waals surface area contributed by atoms with Crippen LogP contribution in [0.2, 0.25) is 0 Å². The molecular formula is C12H17NO3. The van der Waals surface area contributed by atoms with Crippen LogP contribution in [0, 0.1) is 0 Å². The highest BCUT2D eigenvalue weighted by Gasteiger charge is 2.29. The van der Waals surface area contributed by atoms with Crippen molar-refractivity contribution < 1.29 is 14.3 Å². The van der Waals surface area contributed by atoms with E-state index < -0.39 is 5.97 Å². The second-order valence-electron chi connectivity index (χ2n) is 4.26. The summed E-state index contributed by atoms with van der Waals surface area (Å²) in [6, 6.07) is 2.15. The van der Waals surface area contributed by atoms with Crippen LogP contribution in [0.1, 0.15) is 42.3 Å². The first-order chi connectivity index (χ1) is 7.72. The minimum absolute atomic E-state index is 0.293. The Balaban J connectivity index is 2.05. The van der Waals surface area contributed by atoms with Crippen molar-refractivity contribution in [3.05, 3.63) is 23.7 Å². The van der Waals surface area contributed by atoms with E-state index in [1.165, 1.54) is 25.2 Å². The van der Waals surface area contributed by atoms with Gasteiger partial charge in [-0.1, -0.05) is 6.92 Å². The third-order valence-corrected chi connectivity index (χ3v) is 2.90. The second-order valence-corrected chi connectivity index (χ2v) is 4.26. The van der Waals surface area contributed by atoms with Crippen molar-refractivity contribution in [3.8, 4) is 0 Å². The molecule has 0 saturated heterocycles. The normalized spacial score (nSPS) is 15.6. The lowest BCUT2D eigenvalue weighted by molar-refractivity contribution is 0.0692. The Morgan fingerprint density at radius 2 is 2.38 bits per heavy atom. The molecule has 0 radical (unpaired) electrons. The number of hydrogen-bond acceptors (Lipinski definition) is 3. The first kappa shape index (κ1) is 11.2. The third kappa shape index (κ3) is 2.44. The first-order valence-electron chi connectivity index (χ1n) is 5.76. The number of hydrogen-bond donors (Lipinski definition) is 1. The van der Waals surface area contributed by atoms with Gasteiger partial charge in [-0.15, -0.1) is 0 Å². The van der Waals surface area contributed by atoms with Crippen molar-refractivity contribution in [2.24, 2.45) is 0 Å². The maximum absolute atomic E-state index is 10.9. The molecule has 0 aromatic carbocycles. The van der Waals surface area contributed by atoms with Gasteiger partial charge in [0, 0.05) is 6.04 Å². The van der Waals surface area contributed by atoms with Crippen molar-refractivity contribution >= 4 is 5.97 Å². The molecule has 1 heterocycles. The van der Waals surface area contributed by atoms with Crippen LogP contribution in [-0.4, -0.2) is 28.6 Å². The van der Waals surface area contributed by atoms with E-state index in [-0.39, 0.29) is 0 Å². The lowest BCUT2D eigenvalue weighted by Crippen LogP contribution is -2.26. The molecule has 1 aromatic rings. The van der Waals surface area contributed by atoms with Crippen LogP contribution in [0.3, 0.4) is 0 Å². The largest absolute Gasteiger partial charge is 0.478 e. The highest BCUT2D eigenvalue weighted by Crippen LogP contribution is 2.29. The summed E-state index contributed by atoms with van der Waals surface area (Å²) in [7, 11) is 0. The molecule has 1 aromatic heterocycles. The number of rotatable bonds is 6. The van der Waals surface area contributed by atoms with Crippen molar-refractivity contribution in [2.45, 2.75) is 38.8 Å². The Morgan fingerprint density at radius 1 is 1.62 bits per heavy atom.